The van der Waals surface area contributed by atoms with Crippen LogP contribution in [-0.4, -0.2) is 20.2 Å². The summed E-state index contributed by atoms with van der Waals surface area (Å²) >= 11 is 5.36. The van der Waals surface area contributed by atoms with Gasteiger partial charge in [0.25, 0.3) is 0 Å². The predicted molar refractivity (Wildman–Crippen MR) is 67.9 cm³/mol. The standard InChI is InChI=1S/C11H23ClO2Si/c1-8(2)15(9(3)4,10(5)6)14-7-11(12)13/h8-10H,7H2,1-6H3. The minimum atomic E-state index is -1.90. The third kappa shape index (κ3) is 3.57. The highest BCUT2D eigenvalue weighted by molar-refractivity contribution is 6.78. The summed E-state index contributed by atoms with van der Waals surface area (Å²) in [6.45, 7) is 13.2. The van der Waals surface area contributed by atoms with E-state index in [1.54, 1.807) is 0 Å². The van der Waals surface area contributed by atoms with Gasteiger partial charge in [0.1, 0.15) is 6.61 Å². The van der Waals surface area contributed by atoms with Crippen LogP contribution < -0.4 is 0 Å². The molecule has 0 aliphatic rings. The molecule has 0 radical (unpaired) electrons. The van der Waals surface area contributed by atoms with E-state index in [2.05, 4.69) is 41.5 Å². The number of hydrogen-bond donors (Lipinski definition) is 0. The first kappa shape index (κ1) is 15.1. The molecule has 0 aliphatic carbocycles. The van der Waals surface area contributed by atoms with Gasteiger partial charge in [0, 0.05) is 0 Å². The summed E-state index contributed by atoms with van der Waals surface area (Å²) in [7, 11) is -1.90. The molecule has 0 heterocycles. The summed E-state index contributed by atoms with van der Waals surface area (Å²) in [6.07, 6.45) is 0. The van der Waals surface area contributed by atoms with E-state index in [-0.39, 0.29) is 6.61 Å². The Morgan fingerprint density at radius 3 is 1.60 bits per heavy atom. The molecule has 90 valence electrons. The molecule has 0 aliphatic heterocycles. The first-order valence-electron chi connectivity index (χ1n) is 5.57. The van der Waals surface area contributed by atoms with Crippen LogP contribution in [0.3, 0.4) is 0 Å². The number of carbonyl (C=O) groups is 1. The van der Waals surface area contributed by atoms with Gasteiger partial charge in [-0.1, -0.05) is 41.5 Å². The van der Waals surface area contributed by atoms with Crippen LogP contribution >= 0.6 is 11.6 Å². The molecule has 0 aromatic heterocycles. The third-order valence-corrected chi connectivity index (χ3v) is 9.31. The van der Waals surface area contributed by atoms with Crippen LogP contribution in [0.1, 0.15) is 41.5 Å². The normalized spacial score (nSPS) is 12.9. The Kier molecular flexibility index (Phi) is 6.07. The van der Waals surface area contributed by atoms with Gasteiger partial charge in [-0.25, -0.2) is 0 Å². The van der Waals surface area contributed by atoms with Crippen molar-refractivity contribution in [1.29, 1.82) is 0 Å². The minimum Gasteiger partial charge on any atom is -0.407 e. The lowest BCUT2D eigenvalue weighted by Crippen LogP contribution is -2.48. The first-order valence-corrected chi connectivity index (χ1v) is 8.09. The zero-order valence-electron chi connectivity index (χ0n) is 10.6. The molecular weight excluding hydrogens is 228 g/mol. The Labute approximate surface area is 99.5 Å². The van der Waals surface area contributed by atoms with Gasteiger partial charge >= 0.3 is 0 Å². The number of halogens is 1. The summed E-state index contributed by atoms with van der Waals surface area (Å²) < 4.78 is 5.93. The maximum atomic E-state index is 10.8. The van der Waals surface area contributed by atoms with E-state index >= 15 is 0 Å². The molecule has 0 unspecified atom stereocenters. The Hall–Kier alpha value is 0.137. The van der Waals surface area contributed by atoms with Gasteiger partial charge in [0.2, 0.25) is 13.6 Å². The molecule has 15 heavy (non-hydrogen) atoms. The highest BCUT2D eigenvalue weighted by atomic mass is 35.5. The lowest BCUT2D eigenvalue weighted by atomic mass is 10.5. The molecule has 0 saturated heterocycles. The van der Waals surface area contributed by atoms with Gasteiger partial charge in [0.05, 0.1) is 0 Å². The van der Waals surface area contributed by atoms with Gasteiger partial charge in [-0.2, -0.15) is 0 Å². The summed E-state index contributed by atoms with van der Waals surface area (Å²) in [4.78, 5) is 10.8. The molecule has 0 N–H and O–H groups in total. The van der Waals surface area contributed by atoms with Crippen molar-refractivity contribution >= 4 is 25.2 Å². The molecule has 0 spiro atoms. The van der Waals surface area contributed by atoms with Gasteiger partial charge < -0.3 is 4.43 Å². The maximum absolute atomic E-state index is 10.8. The quantitative estimate of drug-likeness (QED) is 0.527. The molecule has 0 aromatic carbocycles. The number of carbonyl (C=O) groups excluding carboxylic acids is 1. The second-order valence-corrected chi connectivity index (χ2v) is 10.8. The molecule has 4 heteroatoms. The summed E-state index contributed by atoms with van der Waals surface area (Å²) in [5.74, 6) is 0. The topological polar surface area (TPSA) is 26.3 Å². The summed E-state index contributed by atoms with van der Waals surface area (Å²) in [5.41, 5.74) is 1.48. The van der Waals surface area contributed by atoms with Crippen molar-refractivity contribution in [3.8, 4) is 0 Å². The Morgan fingerprint density at radius 1 is 1.07 bits per heavy atom. The van der Waals surface area contributed by atoms with Gasteiger partial charge in [0.15, 0.2) is 0 Å². The Balaban J connectivity index is 4.88. The predicted octanol–water partition coefficient (Wildman–Crippen LogP) is 3.94. The van der Waals surface area contributed by atoms with E-state index in [0.717, 1.165) is 0 Å². The highest BCUT2D eigenvalue weighted by Crippen LogP contribution is 2.42. The van der Waals surface area contributed by atoms with Crippen molar-refractivity contribution in [2.75, 3.05) is 6.61 Å². The van der Waals surface area contributed by atoms with Crippen molar-refractivity contribution in [2.24, 2.45) is 0 Å². The first-order chi connectivity index (χ1) is 6.75. The van der Waals surface area contributed by atoms with Crippen molar-refractivity contribution in [3.63, 3.8) is 0 Å². The van der Waals surface area contributed by atoms with Gasteiger partial charge in [-0.3, -0.25) is 4.79 Å². The van der Waals surface area contributed by atoms with Gasteiger partial charge in [-0.15, -0.1) is 0 Å². The lowest BCUT2D eigenvalue weighted by Gasteiger charge is -2.41. The molecule has 0 fully saturated rings. The SMILES string of the molecule is CC(C)[Si](OCC(=O)Cl)(C(C)C)C(C)C. The number of hydrogen-bond acceptors (Lipinski definition) is 2. The molecule has 0 atom stereocenters. The number of rotatable bonds is 6. The van der Waals surface area contributed by atoms with Crippen LogP contribution in [0.4, 0.5) is 0 Å². The fraction of sp³-hybridized carbons (Fsp3) is 0.909. The molecule has 0 amide bonds. The largest absolute Gasteiger partial charge is 0.407 e. The zero-order chi connectivity index (χ0) is 12.2. The molecule has 0 bridgehead atoms. The van der Waals surface area contributed by atoms with E-state index in [4.69, 9.17) is 16.0 Å². The van der Waals surface area contributed by atoms with E-state index < -0.39 is 13.6 Å². The molecule has 0 rings (SSSR count). The van der Waals surface area contributed by atoms with Crippen molar-refractivity contribution < 1.29 is 9.22 Å². The fourth-order valence-corrected chi connectivity index (χ4v) is 8.21. The minimum absolute atomic E-state index is 0.0579. The molecule has 0 saturated carbocycles. The fourth-order valence-electron chi connectivity index (χ4n) is 2.68. The second kappa shape index (κ2) is 6.02. The van der Waals surface area contributed by atoms with E-state index in [9.17, 15) is 4.79 Å². The Bertz CT molecular complexity index is 193. The third-order valence-electron chi connectivity index (χ3n) is 3.14. The van der Waals surface area contributed by atoms with Crippen LogP contribution in [0.2, 0.25) is 16.6 Å². The smallest absolute Gasteiger partial charge is 0.246 e. The van der Waals surface area contributed by atoms with Crippen molar-refractivity contribution in [3.05, 3.63) is 0 Å². The van der Waals surface area contributed by atoms with Gasteiger partial charge in [-0.05, 0) is 28.2 Å². The van der Waals surface area contributed by atoms with Crippen molar-refractivity contribution in [1.82, 2.24) is 0 Å². The Morgan fingerprint density at radius 2 is 1.40 bits per heavy atom. The van der Waals surface area contributed by atoms with E-state index in [0.29, 0.717) is 16.6 Å². The van der Waals surface area contributed by atoms with E-state index in [1.165, 1.54) is 0 Å². The van der Waals surface area contributed by atoms with Crippen LogP contribution in [-0.2, 0) is 9.22 Å². The van der Waals surface area contributed by atoms with E-state index in [1.807, 2.05) is 0 Å². The van der Waals surface area contributed by atoms with Crippen molar-refractivity contribution in [2.45, 2.75) is 58.2 Å². The second-order valence-electron chi connectivity index (χ2n) is 4.96. The van der Waals surface area contributed by atoms with Crippen LogP contribution in [0.15, 0.2) is 0 Å². The van der Waals surface area contributed by atoms with Crippen LogP contribution in [0.25, 0.3) is 0 Å². The van der Waals surface area contributed by atoms with Crippen LogP contribution in [0.5, 0.6) is 0 Å². The lowest BCUT2D eigenvalue weighted by molar-refractivity contribution is -0.113. The average molecular weight is 251 g/mol. The summed E-state index contributed by atoms with van der Waals surface area (Å²) in [6, 6.07) is 0. The molecular formula is C11H23ClO2Si. The monoisotopic (exact) mass is 250 g/mol. The summed E-state index contributed by atoms with van der Waals surface area (Å²) in [5, 5.41) is -0.395. The van der Waals surface area contributed by atoms with Crippen LogP contribution in [0, 0.1) is 0 Å². The highest BCUT2D eigenvalue weighted by Gasteiger charge is 2.45. The average Bonchev–Trinajstić information content (AvgIpc) is 2.02. The molecule has 0 aromatic rings. The zero-order valence-corrected chi connectivity index (χ0v) is 12.4. The molecule has 2 nitrogen and oxygen atoms in total. The maximum Gasteiger partial charge on any atom is 0.246 e.